The molecular weight excluding hydrogens is 305 g/mol. The number of pyridine rings is 1. The quantitative estimate of drug-likeness (QED) is 0.906. The van der Waals surface area contributed by atoms with Crippen LogP contribution in [0.2, 0.25) is 5.02 Å². The first kappa shape index (κ1) is 15.3. The summed E-state index contributed by atoms with van der Waals surface area (Å²) in [4.78, 5) is 15.4. The van der Waals surface area contributed by atoms with Crippen molar-refractivity contribution in [2.45, 2.75) is 13.1 Å². The predicted molar refractivity (Wildman–Crippen MR) is 72.2 cm³/mol. The number of carbonyl (C=O) groups excluding carboxylic acids is 1. The minimum absolute atomic E-state index is 0.00344. The molecule has 0 bridgehead atoms. The second-order valence-electron chi connectivity index (χ2n) is 4.20. The van der Waals surface area contributed by atoms with Crippen LogP contribution in [0, 0.1) is 13.0 Å². The Morgan fingerprint density at radius 2 is 2.00 bits per heavy atom. The first-order valence-corrected chi connectivity index (χ1v) is 6.18. The number of amides is 1. The Morgan fingerprint density at radius 1 is 1.29 bits per heavy atom. The molecule has 109 valence electrons. The summed E-state index contributed by atoms with van der Waals surface area (Å²) in [5.74, 6) is -0.563. The number of hydrogen-bond acceptors (Lipinski definition) is 2. The van der Waals surface area contributed by atoms with Crippen molar-refractivity contribution < 1.29 is 18.0 Å². The van der Waals surface area contributed by atoms with Gasteiger partial charge in [0, 0.05) is 16.8 Å². The molecule has 2 aromatic rings. The molecule has 1 heterocycles. The molecule has 7 heteroatoms. The minimum Gasteiger partial charge on any atom is -0.321 e. The summed E-state index contributed by atoms with van der Waals surface area (Å²) in [6.07, 6.45) is -4.54. The van der Waals surface area contributed by atoms with E-state index in [1.54, 1.807) is 6.07 Å². The fraction of sp³-hybridized carbons (Fsp3) is 0.143. The van der Waals surface area contributed by atoms with Crippen LogP contribution in [0.4, 0.5) is 18.9 Å². The van der Waals surface area contributed by atoms with E-state index in [0.29, 0.717) is 10.7 Å². The predicted octanol–water partition coefficient (Wildman–Crippen LogP) is 4.11. The Kier molecular flexibility index (Phi) is 4.18. The molecule has 0 aliphatic rings. The number of rotatable bonds is 2. The molecule has 1 aromatic heterocycles. The van der Waals surface area contributed by atoms with Crippen LogP contribution in [-0.4, -0.2) is 10.9 Å². The highest BCUT2D eigenvalue weighted by Crippen LogP contribution is 2.28. The van der Waals surface area contributed by atoms with Gasteiger partial charge in [0.15, 0.2) is 0 Å². The highest BCUT2D eigenvalue weighted by molar-refractivity contribution is 6.30. The van der Waals surface area contributed by atoms with Gasteiger partial charge in [-0.2, -0.15) is 13.2 Å². The second-order valence-corrected chi connectivity index (χ2v) is 4.64. The Bertz CT molecular complexity index is 669. The topological polar surface area (TPSA) is 42.0 Å². The number of nitrogens with one attached hydrogen (secondary N) is 1. The third-order valence-corrected chi connectivity index (χ3v) is 2.88. The SMILES string of the molecule is Cc1nc(C(F)(F)F)ccc1C(=O)Nc1[c]cc(Cl)cc1. The van der Waals surface area contributed by atoms with Crippen molar-refractivity contribution in [1.82, 2.24) is 4.98 Å². The standard InChI is InChI=1S/C14H9ClF3N2O/c1-8-11(6-7-12(19-8)14(16,17)18)13(21)20-10-4-2-9(15)3-5-10/h2-4,6-7H,1H3,(H,20,21). The van der Waals surface area contributed by atoms with E-state index in [9.17, 15) is 18.0 Å². The Balaban J connectivity index is 2.22. The maximum absolute atomic E-state index is 12.5. The largest absolute Gasteiger partial charge is 0.433 e. The third kappa shape index (κ3) is 3.72. The molecular formula is C14H9ClF3N2O. The van der Waals surface area contributed by atoms with E-state index in [0.717, 1.165) is 12.1 Å². The zero-order valence-corrected chi connectivity index (χ0v) is 11.5. The van der Waals surface area contributed by atoms with Crippen molar-refractivity contribution in [3.05, 3.63) is 58.4 Å². The Morgan fingerprint density at radius 3 is 2.52 bits per heavy atom. The maximum Gasteiger partial charge on any atom is 0.433 e. The molecule has 3 nitrogen and oxygen atoms in total. The van der Waals surface area contributed by atoms with Crippen molar-refractivity contribution in [3.8, 4) is 0 Å². The second kappa shape index (κ2) is 5.73. The lowest BCUT2D eigenvalue weighted by Crippen LogP contribution is -2.16. The van der Waals surface area contributed by atoms with Crippen molar-refractivity contribution in [2.75, 3.05) is 5.32 Å². The molecule has 0 fully saturated rings. The van der Waals surface area contributed by atoms with Crippen LogP contribution in [0.25, 0.3) is 0 Å². The normalized spacial score (nSPS) is 11.3. The first-order chi connectivity index (χ1) is 9.77. The van der Waals surface area contributed by atoms with E-state index in [1.807, 2.05) is 0 Å². The van der Waals surface area contributed by atoms with Gasteiger partial charge in [-0.05, 0) is 37.3 Å². The highest BCUT2D eigenvalue weighted by atomic mass is 35.5. The Hall–Kier alpha value is -2.08. The molecule has 0 aliphatic carbocycles. The van der Waals surface area contributed by atoms with Crippen molar-refractivity contribution in [1.29, 1.82) is 0 Å². The highest BCUT2D eigenvalue weighted by Gasteiger charge is 2.33. The van der Waals surface area contributed by atoms with Crippen LogP contribution < -0.4 is 5.32 Å². The number of aryl methyl sites for hydroxylation is 1. The number of alkyl halides is 3. The van der Waals surface area contributed by atoms with Gasteiger partial charge in [0.05, 0.1) is 11.3 Å². The van der Waals surface area contributed by atoms with E-state index < -0.39 is 17.8 Å². The molecule has 1 aromatic carbocycles. The molecule has 21 heavy (non-hydrogen) atoms. The van der Waals surface area contributed by atoms with Crippen LogP contribution in [0.15, 0.2) is 30.3 Å². The molecule has 1 amide bonds. The van der Waals surface area contributed by atoms with Gasteiger partial charge >= 0.3 is 6.18 Å². The molecule has 0 unspecified atom stereocenters. The van der Waals surface area contributed by atoms with Gasteiger partial charge in [0.1, 0.15) is 5.69 Å². The third-order valence-electron chi connectivity index (χ3n) is 2.64. The molecule has 0 aliphatic heterocycles. The van der Waals surface area contributed by atoms with E-state index in [-0.39, 0.29) is 11.3 Å². The van der Waals surface area contributed by atoms with Gasteiger partial charge in [0.2, 0.25) is 0 Å². The lowest BCUT2D eigenvalue weighted by atomic mass is 10.1. The minimum atomic E-state index is -4.54. The smallest absolute Gasteiger partial charge is 0.321 e. The van der Waals surface area contributed by atoms with Crippen molar-refractivity contribution >= 4 is 23.2 Å². The summed E-state index contributed by atoms with van der Waals surface area (Å²) >= 11 is 5.69. The van der Waals surface area contributed by atoms with Crippen molar-refractivity contribution in [3.63, 3.8) is 0 Å². The monoisotopic (exact) mass is 313 g/mol. The number of aromatic nitrogens is 1. The zero-order valence-electron chi connectivity index (χ0n) is 10.8. The number of halogens is 4. The van der Waals surface area contributed by atoms with Crippen molar-refractivity contribution in [2.24, 2.45) is 0 Å². The summed E-state index contributed by atoms with van der Waals surface area (Å²) in [7, 11) is 0. The summed E-state index contributed by atoms with van der Waals surface area (Å²) < 4.78 is 37.5. The summed E-state index contributed by atoms with van der Waals surface area (Å²) in [5.41, 5.74) is -0.610. The molecule has 0 atom stereocenters. The molecule has 0 spiro atoms. The number of benzene rings is 1. The molecule has 0 saturated heterocycles. The molecule has 1 N–H and O–H groups in total. The fourth-order valence-electron chi connectivity index (χ4n) is 1.63. The molecule has 2 rings (SSSR count). The number of nitrogens with zero attached hydrogens (tertiary/aromatic N) is 1. The zero-order chi connectivity index (χ0) is 15.6. The lowest BCUT2D eigenvalue weighted by Gasteiger charge is -2.10. The average molecular weight is 314 g/mol. The number of hydrogen-bond donors (Lipinski definition) is 1. The van der Waals surface area contributed by atoms with Gasteiger partial charge < -0.3 is 5.32 Å². The van der Waals surface area contributed by atoms with E-state index in [2.05, 4.69) is 16.4 Å². The van der Waals surface area contributed by atoms with Crippen LogP contribution in [-0.2, 0) is 6.18 Å². The van der Waals surface area contributed by atoms with Gasteiger partial charge in [-0.15, -0.1) is 0 Å². The summed E-state index contributed by atoms with van der Waals surface area (Å²) in [6, 6.07) is 9.16. The van der Waals surface area contributed by atoms with Gasteiger partial charge in [-0.1, -0.05) is 11.6 Å². The Labute approximate surface area is 123 Å². The van der Waals surface area contributed by atoms with E-state index >= 15 is 0 Å². The lowest BCUT2D eigenvalue weighted by molar-refractivity contribution is -0.141. The summed E-state index contributed by atoms with van der Waals surface area (Å²) in [5, 5.41) is 2.97. The van der Waals surface area contributed by atoms with Crippen LogP contribution in [0.3, 0.4) is 0 Å². The summed E-state index contributed by atoms with van der Waals surface area (Å²) in [6.45, 7) is 1.34. The average Bonchev–Trinajstić information content (AvgIpc) is 2.40. The van der Waals surface area contributed by atoms with Crippen LogP contribution in [0.1, 0.15) is 21.7 Å². The van der Waals surface area contributed by atoms with E-state index in [1.165, 1.54) is 19.1 Å². The first-order valence-electron chi connectivity index (χ1n) is 5.81. The maximum atomic E-state index is 12.5. The fourth-order valence-corrected chi connectivity index (χ4v) is 1.75. The number of anilines is 1. The van der Waals surface area contributed by atoms with E-state index in [4.69, 9.17) is 11.6 Å². The van der Waals surface area contributed by atoms with Gasteiger partial charge in [-0.3, -0.25) is 4.79 Å². The van der Waals surface area contributed by atoms with Crippen LogP contribution >= 0.6 is 11.6 Å². The molecule has 0 saturated carbocycles. The van der Waals surface area contributed by atoms with Gasteiger partial charge in [-0.25, -0.2) is 4.98 Å². The van der Waals surface area contributed by atoms with Crippen LogP contribution in [0.5, 0.6) is 0 Å². The number of carbonyl (C=O) groups is 1. The van der Waals surface area contributed by atoms with Gasteiger partial charge in [0.25, 0.3) is 5.91 Å². The molecule has 1 radical (unpaired) electrons.